The van der Waals surface area contributed by atoms with Gasteiger partial charge in [-0.15, -0.1) is 0 Å². The minimum absolute atomic E-state index is 0.0812. The van der Waals surface area contributed by atoms with Gasteiger partial charge in [0.2, 0.25) is 5.91 Å². The molecule has 1 saturated carbocycles. The van der Waals surface area contributed by atoms with E-state index in [4.69, 9.17) is 4.74 Å². The van der Waals surface area contributed by atoms with Crippen LogP contribution in [0.1, 0.15) is 58.8 Å². The van der Waals surface area contributed by atoms with Crippen molar-refractivity contribution < 1.29 is 14.3 Å². The smallest absolute Gasteiger partial charge is 0.310 e. The van der Waals surface area contributed by atoms with E-state index in [-0.39, 0.29) is 17.8 Å². The van der Waals surface area contributed by atoms with Crippen molar-refractivity contribution in [3.05, 3.63) is 0 Å². The minimum atomic E-state index is -0.129. The van der Waals surface area contributed by atoms with Crippen molar-refractivity contribution in [3.8, 4) is 0 Å². The highest BCUT2D eigenvalue weighted by Gasteiger charge is 2.34. The van der Waals surface area contributed by atoms with Crippen molar-refractivity contribution >= 4 is 11.9 Å². The Labute approximate surface area is 128 Å². The molecule has 0 aromatic carbocycles. The monoisotopic (exact) mass is 295 g/mol. The van der Waals surface area contributed by atoms with Crippen LogP contribution >= 0.6 is 0 Å². The molecule has 120 valence electrons. The minimum Gasteiger partial charge on any atom is -0.466 e. The van der Waals surface area contributed by atoms with Crippen LogP contribution in [0.2, 0.25) is 0 Å². The Balaban J connectivity index is 1.95. The van der Waals surface area contributed by atoms with E-state index in [0.717, 1.165) is 18.9 Å². The third-order valence-electron chi connectivity index (χ3n) is 4.99. The Morgan fingerprint density at radius 2 is 1.81 bits per heavy atom. The van der Waals surface area contributed by atoms with Crippen molar-refractivity contribution in [1.82, 2.24) is 4.90 Å². The van der Waals surface area contributed by atoms with Crippen LogP contribution in [0.15, 0.2) is 0 Å². The maximum atomic E-state index is 12.0. The highest BCUT2D eigenvalue weighted by atomic mass is 16.5. The summed E-state index contributed by atoms with van der Waals surface area (Å²) in [5.74, 6) is 1.07. The number of esters is 1. The molecule has 2 aliphatic rings. The molecule has 0 radical (unpaired) electrons. The van der Waals surface area contributed by atoms with Gasteiger partial charge in [0.25, 0.3) is 0 Å². The Hall–Kier alpha value is -1.06. The van der Waals surface area contributed by atoms with Crippen LogP contribution in [-0.2, 0) is 14.3 Å². The van der Waals surface area contributed by atoms with Crippen LogP contribution in [0.3, 0.4) is 0 Å². The maximum Gasteiger partial charge on any atom is 0.310 e. The predicted octanol–water partition coefficient (Wildman–Crippen LogP) is 3.00. The molecular weight excluding hydrogens is 266 g/mol. The van der Waals surface area contributed by atoms with Gasteiger partial charge in [-0.05, 0) is 31.6 Å². The zero-order valence-electron chi connectivity index (χ0n) is 13.5. The first-order valence-electron chi connectivity index (χ1n) is 8.52. The van der Waals surface area contributed by atoms with Gasteiger partial charge < -0.3 is 9.64 Å². The highest BCUT2D eigenvalue weighted by Crippen LogP contribution is 2.34. The quantitative estimate of drug-likeness (QED) is 0.749. The highest BCUT2D eigenvalue weighted by molar-refractivity contribution is 5.76. The number of likely N-dealkylation sites (tertiary alicyclic amines) is 1. The third kappa shape index (κ3) is 4.72. The largest absolute Gasteiger partial charge is 0.466 e. The SMILES string of the molecule is CCOC(=O)[C@@H]1C[C@@H](CC2CCCCC2)CN(C(C)=O)C1. The summed E-state index contributed by atoms with van der Waals surface area (Å²) < 4.78 is 5.17. The van der Waals surface area contributed by atoms with Crippen LogP contribution in [-0.4, -0.2) is 36.5 Å². The second-order valence-electron chi connectivity index (χ2n) is 6.71. The van der Waals surface area contributed by atoms with E-state index >= 15 is 0 Å². The summed E-state index contributed by atoms with van der Waals surface area (Å²) in [5.41, 5.74) is 0. The topological polar surface area (TPSA) is 46.6 Å². The molecule has 1 amide bonds. The maximum absolute atomic E-state index is 12.0. The fraction of sp³-hybridized carbons (Fsp3) is 0.882. The van der Waals surface area contributed by atoms with E-state index in [1.165, 1.54) is 38.5 Å². The van der Waals surface area contributed by atoms with Gasteiger partial charge in [0, 0.05) is 20.0 Å². The van der Waals surface area contributed by atoms with Gasteiger partial charge in [-0.1, -0.05) is 32.1 Å². The standard InChI is InChI=1S/C17H29NO3/c1-3-21-17(20)16-10-15(11-18(12-16)13(2)19)9-14-7-5-4-6-8-14/h14-16H,3-12H2,1-2H3/t15-,16-/m1/s1. The molecule has 1 aliphatic heterocycles. The fourth-order valence-corrected chi connectivity index (χ4v) is 3.96. The second-order valence-corrected chi connectivity index (χ2v) is 6.71. The van der Waals surface area contributed by atoms with Crippen LogP contribution in [0.25, 0.3) is 0 Å². The first-order chi connectivity index (χ1) is 10.1. The molecule has 1 aliphatic carbocycles. The summed E-state index contributed by atoms with van der Waals surface area (Å²) in [5, 5.41) is 0. The van der Waals surface area contributed by atoms with Crippen molar-refractivity contribution in [3.63, 3.8) is 0 Å². The lowest BCUT2D eigenvalue weighted by Crippen LogP contribution is -2.46. The number of carbonyl (C=O) groups excluding carboxylic acids is 2. The zero-order valence-corrected chi connectivity index (χ0v) is 13.5. The molecule has 0 N–H and O–H groups in total. The lowest BCUT2D eigenvalue weighted by molar-refractivity contribution is -0.152. The molecule has 0 unspecified atom stereocenters. The molecule has 2 atom stereocenters. The molecule has 4 heteroatoms. The molecule has 0 aromatic rings. The summed E-state index contributed by atoms with van der Waals surface area (Å²) in [7, 11) is 0. The van der Waals surface area contributed by atoms with Gasteiger partial charge in [0.1, 0.15) is 0 Å². The third-order valence-corrected chi connectivity index (χ3v) is 4.99. The molecule has 2 rings (SSSR count). The summed E-state index contributed by atoms with van der Waals surface area (Å²) in [6, 6.07) is 0. The van der Waals surface area contributed by atoms with E-state index < -0.39 is 0 Å². The molecule has 4 nitrogen and oxygen atoms in total. The first-order valence-corrected chi connectivity index (χ1v) is 8.52. The van der Waals surface area contributed by atoms with Gasteiger partial charge in [-0.3, -0.25) is 9.59 Å². The fourth-order valence-electron chi connectivity index (χ4n) is 3.96. The Morgan fingerprint density at radius 1 is 1.10 bits per heavy atom. The van der Waals surface area contributed by atoms with Crippen molar-refractivity contribution in [1.29, 1.82) is 0 Å². The normalized spacial score (nSPS) is 27.4. The van der Waals surface area contributed by atoms with Gasteiger partial charge in [0.15, 0.2) is 0 Å². The molecule has 2 fully saturated rings. The average molecular weight is 295 g/mol. The Bertz CT molecular complexity index is 363. The number of hydrogen-bond acceptors (Lipinski definition) is 3. The van der Waals surface area contributed by atoms with Crippen molar-refractivity contribution in [2.24, 2.45) is 17.8 Å². The van der Waals surface area contributed by atoms with Crippen LogP contribution in [0.5, 0.6) is 0 Å². The van der Waals surface area contributed by atoms with E-state index in [2.05, 4.69) is 0 Å². The molecular formula is C17H29NO3. The number of amides is 1. The molecule has 21 heavy (non-hydrogen) atoms. The average Bonchev–Trinajstić information content (AvgIpc) is 2.48. The molecule has 0 aromatic heterocycles. The van der Waals surface area contributed by atoms with E-state index in [1.54, 1.807) is 6.92 Å². The number of hydrogen-bond donors (Lipinski definition) is 0. The van der Waals surface area contributed by atoms with Crippen molar-refractivity contribution in [2.45, 2.75) is 58.8 Å². The van der Waals surface area contributed by atoms with Crippen molar-refractivity contribution in [2.75, 3.05) is 19.7 Å². The number of rotatable bonds is 4. The summed E-state index contributed by atoms with van der Waals surface area (Å²) >= 11 is 0. The second kappa shape index (κ2) is 7.81. The predicted molar refractivity (Wildman–Crippen MR) is 81.7 cm³/mol. The van der Waals surface area contributed by atoms with Gasteiger partial charge in [0.05, 0.1) is 12.5 Å². The lowest BCUT2D eigenvalue weighted by atomic mass is 9.78. The Kier molecular flexibility index (Phi) is 6.07. The van der Waals surface area contributed by atoms with Crippen LogP contribution in [0, 0.1) is 17.8 Å². The number of ether oxygens (including phenoxy) is 1. The Morgan fingerprint density at radius 3 is 2.43 bits per heavy atom. The van der Waals surface area contributed by atoms with Crippen LogP contribution < -0.4 is 0 Å². The molecule has 0 spiro atoms. The van der Waals surface area contributed by atoms with E-state index in [0.29, 0.717) is 19.1 Å². The summed E-state index contributed by atoms with van der Waals surface area (Å²) in [6.07, 6.45) is 8.75. The van der Waals surface area contributed by atoms with E-state index in [1.807, 2.05) is 11.8 Å². The number of carbonyl (C=O) groups is 2. The number of piperidine rings is 1. The first kappa shape index (κ1) is 16.3. The lowest BCUT2D eigenvalue weighted by Gasteiger charge is -2.38. The van der Waals surface area contributed by atoms with Gasteiger partial charge in [-0.25, -0.2) is 0 Å². The van der Waals surface area contributed by atoms with Gasteiger partial charge >= 0.3 is 5.97 Å². The van der Waals surface area contributed by atoms with Crippen LogP contribution in [0.4, 0.5) is 0 Å². The molecule has 1 heterocycles. The number of nitrogens with zero attached hydrogens (tertiary/aromatic N) is 1. The summed E-state index contributed by atoms with van der Waals surface area (Å²) in [6.45, 7) is 5.22. The molecule has 1 saturated heterocycles. The summed E-state index contributed by atoms with van der Waals surface area (Å²) in [4.78, 5) is 25.6. The zero-order chi connectivity index (χ0) is 15.2. The van der Waals surface area contributed by atoms with E-state index in [9.17, 15) is 9.59 Å². The molecule has 0 bridgehead atoms. The van der Waals surface area contributed by atoms with Gasteiger partial charge in [-0.2, -0.15) is 0 Å².